The Morgan fingerprint density at radius 2 is 1.94 bits per heavy atom. The predicted octanol–water partition coefficient (Wildman–Crippen LogP) is 6.28. The van der Waals surface area contributed by atoms with Gasteiger partial charge in [-0.3, -0.25) is 0 Å². The average molecular weight is 472 g/mol. The Labute approximate surface area is 188 Å². The van der Waals surface area contributed by atoms with Crippen LogP contribution >= 0.6 is 11.8 Å². The molecule has 2 unspecified atom stereocenters. The maximum absolute atomic E-state index is 14.3. The number of nitrogens with zero attached hydrogens (tertiary/aromatic N) is 1. The second-order valence-electron chi connectivity index (χ2n) is 7.65. The number of hydrogen-bond acceptors (Lipinski definition) is 6. The minimum absolute atomic E-state index is 0.152. The van der Waals surface area contributed by atoms with E-state index in [1.165, 1.54) is 12.3 Å². The van der Waals surface area contributed by atoms with Crippen LogP contribution in [0.25, 0.3) is 6.08 Å². The number of rotatable bonds is 9. The van der Waals surface area contributed by atoms with Crippen molar-refractivity contribution in [3.63, 3.8) is 0 Å². The van der Waals surface area contributed by atoms with E-state index in [0.717, 1.165) is 30.0 Å². The first-order valence-corrected chi connectivity index (χ1v) is 11.1. The maximum atomic E-state index is 14.3. The van der Waals surface area contributed by atoms with E-state index in [9.17, 15) is 27.6 Å². The standard InChI is InChI=1S/C22H25F4N3O2S/c1-13(2)7-9-15-17(27)5-4-6-18(15)28-20(21(30,12-32-3)22(24,25)26)14-8-10-19(29-31)16(23)11-14/h4-11,13,20,28,30H,12,27H2,1-3H3/b9-7-. The van der Waals surface area contributed by atoms with Crippen LogP contribution in [0.1, 0.15) is 31.0 Å². The highest BCUT2D eigenvalue weighted by Crippen LogP contribution is 2.45. The van der Waals surface area contributed by atoms with Crippen molar-refractivity contribution >= 4 is 34.9 Å². The number of anilines is 2. The normalized spacial score (nSPS) is 15.0. The predicted molar refractivity (Wildman–Crippen MR) is 122 cm³/mol. The van der Waals surface area contributed by atoms with Crippen molar-refractivity contribution in [2.24, 2.45) is 11.1 Å². The van der Waals surface area contributed by atoms with Crippen molar-refractivity contribution in [2.75, 3.05) is 23.1 Å². The van der Waals surface area contributed by atoms with Crippen LogP contribution in [-0.4, -0.2) is 28.9 Å². The van der Waals surface area contributed by atoms with Gasteiger partial charge < -0.3 is 16.2 Å². The monoisotopic (exact) mass is 471 g/mol. The molecule has 2 atom stereocenters. The Kier molecular flexibility index (Phi) is 8.30. The summed E-state index contributed by atoms with van der Waals surface area (Å²) in [6, 6.07) is 5.74. The molecular weight excluding hydrogens is 446 g/mol. The lowest BCUT2D eigenvalue weighted by atomic mass is 9.88. The zero-order chi connectivity index (χ0) is 24.1. The third-order valence-corrected chi connectivity index (χ3v) is 5.55. The van der Waals surface area contributed by atoms with Crippen molar-refractivity contribution in [1.29, 1.82) is 0 Å². The molecule has 32 heavy (non-hydrogen) atoms. The third kappa shape index (κ3) is 5.60. The molecule has 0 bridgehead atoms. The van der Waals surface area contributed by atoms with Crippen molar-refractivity contribution in [3.8, 4) is 0 Å². The van der Waals surface area contributed by atoms with E-state index in [0.29, 0.717) is 11.3 Å². The van der Waals surface area contributed by atoms with Gasteiger partial charge in [0.2, 0.25) is 0 Å². The minimum Gasteiger partial charge on any atom is -0.398 e. The molecule has 2 aromatic rings. The zero-order valence-corrected chi connectivity index (χ0v) is 18.6. The quantitative estimate of drug-likeness (QED) is 0.227. The summed E-state index contributed by atoms with van der Waals surface area (Å²) in [5, 5.41) is 16.1. The summed E-state index contributed by atoms with van der Waals surface area (Å²) in [6.07, 6.45) is -0.125. The molecule has 2 rings (SSSR count). The van der Waals surface area contributed by atoms with Gasteiger partial charge in [0.05, 0.1) is 6.04 Å². The molecule has 0 fully saturated rings. The van der Waals surface area contributed by atoms with Gasteiger partial charge in [-0.1, -0.05) is 38.1 Å². The van der Waals surface area contributed by atoms with E-state index >= 15 is 0 Å². The molecule has 0 amide bonds. The summed E-state index contributed by atoms with van der Waals surface area (Å²) in [6.45, 7) is 3.86. The molecule has 0 saturated carbocycles. The van der Waals surface area contributed by atoms with E-state index in [1.807, 2.05) is 19.9 Å². The summed E-state index contributed by atoms with van der Waals surface area (Å²) >= 11 is 0.791. The number of hydrogen-bond donors (Lipinski definition) is 3. The van der Waals surface area contributed by atoms with Crippen molar-refractivity contribution in [1.82, 2.24) is 0 Å². The van der Waals surface area contributed by atoms with Crippen LogP contribution in [0.15, 0.2) is 47.7 Å². The number of benzene rings is 2. The number of alkyl halides is 3. The molecule has 0 radical (unpaired) electrons. The highest BCUT2D eigenvalue weighted by molar-refractivity contribution is 7.98. The van der Waals surface area contributed by atoms with Gasteiger partial charge in [0, 0.05) is 22.7 Å². The van der Waals surface area contributed by atoms with Gasteiger partial charge in [0.1, 0.15) is 5.69 Å². The molecule has 0 heterocycles. The van der Waals surface area contributed by atoms with Crippen LogP contribution in [0, 0.1) is 16.6 Å². The molecule has 174 valence electrons. The number of thioether (sulfide) groups is 1. The Balaban J connectivity index is 2.70. The number of allylic oxidation sites excluding steroid dienone is 1. The molecular formula is C22H25F4N3O2S. The number of halogens is 4. The van der Waals surface area contributed by atoms with Crippen LogP contribution in [0.4, 0.5) is 34.6 Å². The number of aliphatic hydroxyl groups is 1. The summed E-state index contributed by atoms with van der Waals surface area (Å²) in [7, 11) is 0. The topological polar surface area (TPSA) is 87.7 Å². The van der Waals surface area contributed by atoms with E-state index in [4.69, 9.17) is 5.73 Å². The fraction of sp³-hybridized carbons (Fsp3) is 0.364. The Morgan fingerprint density at radius 1 is 1.25 bits per heavy atom. The fourth-order valence-corrected chi connectivity index (χ4v) is 3.91. The first-order valence-electron chi connectivity index (χ1n) is 9.68. The van der Waals surface area contributed by atoms with Gasteiger partial charge in [-0.2, -0.15) is 24.9 Å². The third-order valence-electron chi connectivity index (χ3n) is 4.82. The first-order chi connectivity index (χ1) is 14.9. The van der Waals surface area contributed by atoms with Crippen molar-refractivity contribution in [3.05, 3.63) is 64.3 Å². The molecule has 0 saturated heterocycles. The molecule has 10 heteroatoms. The van der Waals surface area contributed by atoms with Crippen LogP contribution < -0.4 is 11.1 Å². The SMILES string of the molecule is CSCC(O)(C(Nc1cccc(N)c1/C=C\C(C)C)c1ccc(N=O)c(F)c1)C(F)(F)F. The molecule has 4 N–H and O–H groups in total. The Hall–Kier alpha value is -2.59. The second-order valence-corrected chi connectivity index (χ2v) is 8.51. The van der Waals surface area contributed by atoms with Gasteiger partial charge in [0.15, 0.2) is 11.4 Å². The summed E-state index contributed by atoms with van der Waals surface area (Å²) < 4.78 is 56.6. The van der Waals surface area contributed by atoms with Crippen LogP contribution in [0.3, 0.4) is 0 Å². The lowest BCUT2D eigenvalue weighted by Crippen LogP contribution is -2.54. The minimum atomic E-state index is -5.06. The molecule has 0 aromatic heterocycles. The summed E-state index contributed by atoms with van der Waals surface area (Å²) in [4.78, 5) is 10.7. The van der Waals surface area contributed by atoms with Crippen molar-refractivity contribution in [2.45, 2.75) is 31.7 Å². The summed E-state index contributed by atoms with van der Waals surface area (Å²) in [5.74, 6) is -1.66. The summed E-state index contributed by atoms with van der Waals surface area (Å²) in [5.41, 5.74) is 3.02. The van der Waals surface area contributed by atoms with Crippen LogP contribution in [0.2, 0.25) is 0 Å². The number of nitroso groups, excluding NO2 is 1. The fourth-order valence-electron chi connectivity index (χ4n) is 3.14. The zero-order valence-electron chi connectivity index (χ0n) is 17.8. The Morgan fingerprint density at radius 3 is 2.47 bits per heavy atom. The van der Waals surface area contributed by atoms with E-state index in [2.05, 4.69) is 10.5 Å². The van der Waals surface area contributed by atoms with Gasteiger partial charge in [-0.15, -0.1) is 4.91 Å². The first kappa shape index (κ1) is 25.7. The van der Waals surface area contributed by atoms with E-state index in [-0.39, 0.29) is 17.2 Å². The molecule has 0 aliphatic carbocycles. The van der Waals surface area contributed by atoms with Crippen LogP contribution in [-0.2, 0) is 0 Å². The highest BCUT2D eigenvalue weighted by Gasteiger charge is 2.59. The molecule has 0 aliphatic heterocycles. The van der Waals surface area contributed by atoms with Gasteiger partial charge >= 0.3 is 6.18 Å². The smallest absolute Gasteiger partial charge is 0.398 e. The van der Waals surface area contributed by atoms with E-state index in [1.54, 1.807) is 18.2 Å². The highest BCUT2D eigenvalue weighted by atomic mass is 32.2. The maximum Gasteiger partial charge on any atom is 0.420 e. The van der Waals surface area contributed by atoms with Gasteiger partial charge in [-0.25, -0.2) is 4.39 Å². The molecule has 0 spiro atoms. The number of nitrogens with one attached hydrogen (secondary N) is 1. The lowest BCUT2D eigenvalue weighted by Gasteiger charge is -2.39. The average Bonchev–Trinajstić information content (AvgIpc) is 2.70. The number of nitrogen functional groups attached to an aromatic ring is 1. The largest absolute Gasteiger partial charge is 0.420 e. The molecule has 2 aromatic carbocycles. The van der Waals surface area contributed by atoms with Gasteiger partial charge in [-0.05, 0) is 47.2 Å². The van der Waals surface area contributed by atoms with Gasteiger partial charge in [0.25, 0.3) is 0 Å². The Bertz CT molecular complexity index is 982. The van der Waals surface area contributed by atoms with Crippen molar-refractivity contribution < 1.29 is 22.7 Å². The molecule has 0 aliphatic rings. The lowest BCUT2D eigenvalue weighted by molar-refractivity contribution is -0.256. The van der Waals surface area contributed by atoms with E-state index < -0.39 is 35.1 Å². The molecule has 5 nitrogen and oxygen atoms in total. The number of nitrogens with two attached hydrogens (primary N) is 1. The van der Waals surface area contributed by atoms with Crippen LogP contribution in [0.5, 0.6) is 0 Å². The second kappa shape index (κ2) is 10.4.